The highest BCUT2D eigenvalue weighted by molar-refractivity contribution is 5.87. The summed E-state index contributed by atoms with van der Waals surface area (Å²) in [6.45, 7) is 3.70. The zero-order chi connectivity index (χ0) is 12.4. The van der Waals surface area contributed by atoms with E-state index in [1.54, 1.807) is 6.92 Å². The Hall–Kier alpha value is -1.53. The third kappa shape index (κ3) is 2.42. The summed E-state index contributed by atoms with van der Waals surface area (Å²) >= 11 is 0. The normalized spacial score (nSPS) is 15.6. The first-order valence-electron chi connectivity index (χ1n) is 5.54. The molecule has 2 N–H and O–H groups in total. The SMILES string of the molecule is Cc1nc2c(c(C(=O)O)n1)CCN(CCO)C2. The Kier molecular flexibility index (Phi) is 3.35. The Morgan fingerprint density at radius 2 is 2.24 bits per heavy atom. The molecule has 2 heterocycles. The van der Waals surface area contributed by atoms with E-state index in [1.807, 2.05) is 0 Å². The maximum Gasteiger partial charge on any atom is 0.354 e. The van der Waals surface area contributed by atoms with E-state index in [4.69, 9.17) is 10.2 Å². The fraction of sp³-hybridized carbons (Fsp3) is 0.545. The molecule has 0 fully saturated rings. The average Bonchev–Trinajstić information content (AvgIpc) is 2.27. The fourth-order valence-corrected chi connectivity index (χ4v) is 2.12. The van der Waals surface area contributed by atoms with Crippen LogP contribution in [-0.2, 0) is 13.0 Å². The monoisotopic (exact) mass is 237 g/mol. The van der Waals surface area contributed by atoms with Crippen LogP contribution in [-0.4, -0.2) is 50.7 Å². The summed E-state index contributed by atoms with van der Waals surface area (Å²) in [7, 11) is 0. The van der Waals surface area contributed by atoms with E-state index < -0.39 is 5.97 Å². The van der Waals surface area contributed by atoms with Crippen molar-refractivity contribution in [1.82, 2.24) is 14.9 Å². The van der Waals surface area contributed by atoms with Gasteiger partial charge in [-0.15, -0.1) is 0 Å². The van der Waals surface area contributed by atoms with Gasteiger partial charge in [0.15, 0.2) is 5.69 Å². The molecule has 0 amide bonds. The molecule has 0 atom stereocenters. The van der Waals surface area contributed by atoms with Crippen molar-refractivity contribution in [2.45, 2.75) is 19.9 Å². The first kappa shape index (κ1) is 11.9. The van der Waals surface area contributed by atoms with Crippen LogP contribution in [0.5, 0.6) is 0 Å². The van der Waals surface area contributed by atoms with Gasteiger partial charge in [-0.2, -0.15) is 0 Å². The molecule has 0 aliphatic carbocycles. The Labute approximate surface area is 98.9 Å². The number of aliphatic hydroxyl groups excluding tert-OH is 1. The first-order chi connectivity index (χ1) is 8.11. The lowest BCUT2D eigenvalue weighted by Gasteiger charge is -2.27. The minimum absolute atomic E-state index is 0.102. The highest BCUT2D eigenvalue weighted by Crippen LogP contribution is 2.19. The number of hydrogen-bond donors (Lipinski definition) is 2. The number of aromatic nitrogens is 2. The fourth-order valence-electron chi connectivity index (χ4n) is 2.12. The number of β-amino-alcohol motifs (C(OH)–C–C–N with tert-alkyl or cyclic N) is 1. The van der Waals surface area contributed by atoms with E-state index in [2.05, 4.69) is 14.9 Å². The molecule has 0 bridgehead atoms. The molecule has 0 unspecified atom stereocenters. The Bertz CT molecular complexity index is 448. The Balaban J connectivity index is 2.35. The smallest absolute Gasteiger partial charge is 0.354 e. The first-order valence-corrected chi connectivity index (χ1v) is 5.54. The van der Waals surface area contributed by atoms with Crippen LogP contribution in [0.3, 0.4) is 0 Å². The predicted octanol–water partition coefficient (Wildman–Crippen LogP) is -0.166. The topological polar surface area (TPSA) is 86.5 Å². The van der Waals surface area contributed by atoms with Gasteiger partial charge in [0.05, 0.1) is 12.3 Å². The summed E-state index contributed by atoms with van der Waals surface area (Å²) in [4.78, 5) is 21.4. The lowest BCUT2D eigenvalue weighted by atomic mass is 10.0. The van der Waals surface area contributed by atoms with Crippen molar-refractivity contribution in [3.05, 3.63) is 22.8 Å². The van der Waals surface area contributed by atoms with Crippen LogP contribution in [0.25, 0.3) is 0 Å². The molecule has 92 valence electrons. The Morgan fingerprint density at radius 1 is 1.47 bits per heavy atom. The summed E-state index contributed by atoms with van der Waals surface area (Å²) in [6.07, 6.45) is 0.622. The van der Waals surface area contributed by atoms with Gasteiger partial charge in [-0.3, -0.25) is 4.90 Å². The van der Waals surface area contributed by atoms with Crippen LogP contribution in [0.4, 0.5) is 0 Å². The van der Waals surface area contributed by atoms with Crippen molar-refractivity contribution in [2.24, 2.45) is 0 Å². The number of nitrogens with zero attached hydrogens (tertiary/aromatic N) is 3. The van der Waals surface area contributed by atoms with E-state index in [-0.39, 0.29) is 12.3 Å². The molecule has 0 saturated heterocycles. The van der Waals surface area contributed by atoms with Gasteiger partial charge >= 0.3 is 5.97 Å². The molecule has 6 heteroatoms. The third-order valence-corrected chi connectivity index (χ3v) is 2.87. The number of carboxylic acids is 1. The average molecular weight is 237 g/mol. The summed E-state index contributed by atoms with van der Waals surface area (Å²) in [5.74, 6) is -0.519. The number of aryl methyl sites for hydroxylation is 1. The molecule has 0 aromatic carbocycles. The van der Waals surface area contributed by atoms with Crippen LogP contribution >= 0.6 is 0 Å². The maximum atomic E-state index is 11.1. The van der Waals surface area contributed by atoms with Gasteiger partial charge in [0.1, 0.15) is 5.82 Å². The van der Waals surface area contributed by atoms with Crippen molar-refractivity contribution in [1.29, 1.82) is 0 Å². The summed E-state index contributed by atoms with van der Waals surface area (Å²) < 4.78 is 0. The second kappa shape index (κ2) is 4.77. The molecular formula is C11H15N3O3. The number of aromatic carboxylic acids is 1. The zero-order valence-electron chi connectivity index (χ0n) is 9.68. The zero-order valence-corrected chi connectivity index (χ0v) is 9.68. The highest BCUT2D eigenvalue weighted by atomic mass is 16.4. The van der Waals surface area contributed by atoms with Gasteiger partial charge in [0.2, 0.25) is 0 Å². The summed E-state index contributed by atoms with van der Waals surface area (Å²) in [5.41, 5.74) is 1.63. The van der Waals surface area contributed by atoms with E-state index >= 15 is 0 Å². The van der Waals surface area contributed by atoms with Gasteiger partial charge in [0, 0.05) is 25.2 Å². The van der Waals surface area contributed by atoms with Gasteiger partial charge < -0.3 is 10.2 Å². The molecule has 6 nitrogen and oxygen atoms in total. The van der Waals surface area contributed by atoms with Crippen LogP contribution in [0, 0.1) is 6.92 Å². The van der Waals surface area contributed by atoms with Crippen LogP contribution in [0.2, 0.25) is 0 Å². The second-order valence-corrected chi connectivity index (χ2v) is 4.10. The van der Waals surface area contributed by atoms with E-state index in [9.17, 15) is 4.79 Å². The van der Waals surface area contributed by atoms with Crippen molar-refractivity contribution >= 4 is 5.97 Å². The lowest BCUT2D eigenvalue weighted by molar-refractivity contribution is 0.0686. The van der Waals surface area contributed by atoms with E-state index in [1.165, 1.54) is 0 Å². The molecule has 2 rings (SSSR count). The maximum absolute atomic E-state index is 11.1. The molecule has 1 aliphatic heterocycles. The number of carboxylic acid groups (broad SMARTS) is 1. The Morgan fingerprint density at radius 3 is 2.88 bits per heavy atom. The number of hydrogen-bond acceptors (Lipinski definition) is 5. The van der Waals surface area contributed by atoms with Gasteiger partial charge in [0.25, 0.3) is 0 Å². The predicted molar refractivity (Wildman–Crippen MR) is 59.8 cm³/mol. The molecule has 0 saturated carbocycles. The molecule has 1 aliphatic rings. The minimum atomic E-state index is -0.998. The van der Waals surface area contributed by atoms with Crippen LogP contribution in [0.15, 0.2) is 0 Å². The second-order valence-electron chi connectivity index (χ2n) is 4.10. The van der Waals surface area contributed by atoms with Gasteiger partial charge in [-0.25, -0.2) is 14.8 Å². The molecular weight excluding hydrogens is 222 g/mol. The number of carbonyl (C=O) groups is 1. The lowest BCUT2D eigenvalue weighted by Crippen LogP contribution is -2.34. The number of fused-ring (bicyclic) bond motifs is 1. The van der Waals surface area contributed by atoms with E-state index in [0.29, 0.717) is 25.3 Å². The van der Waals surface area contributed by atoms with Crippen LogP contribution in [0.1, 0.15) is 27.6 Å². The molecule has 17 heavy (non-hydrogen) atoms. The van der Waals surface area contributed by atoms with Crippen LogP contribution < -0.4 is 0 Å². The number of aliphatic hydroxyl groups is 1. The largest absolute Gasteiger partial charge is 0.477 e. The molecule has 1 aromatic heterocycles. The highest BCUT2D eigenvalue weighted by Gasteiger charge is 2.24. The van der Waals surface area contributed by atoms with Crippen molar-refractivity contribution < 1.29 is 15.0 Å². The summed E-state index contributed by atoms with van der Waals surface area (Å²) in [6, 6.07) is 0. The van der Waals surface area contributed by atoms with Gasteiger partial charge in [-0.05, 0) is 13.3 Å². The summed E-state index contributed by atoms with van der Waals surface area (Å²) in [5, 5.41) is 18.0. The number of rotatable bonds is 3. The molecule has 0 radical (unpaired) electrons. The molecule has 1 aromatic rings. The third-order valence-electron chi connectivity index (χ3n) is 2.87. The van der Waals surface area contributed by atoms with Crippen molar-refractivity contribution in [3.8, 4) is 0 Å². The minimum Gasteiger partial charge on any atom is -0.477 e. The van der Waals surface area contributed by atoms with E-state index in [0.717, 1.165) is 17.8 Å². The van der Waals surface area contributed by atoms with Crippen molar-refractivity contribution in [2.75, 3.05) is 19.7 Å². The molecule has 0 spiro atoms. The quantitative estimate of drug-likeness (QED) is 0.759. The van der Waals surface area contributed by atoms with Gasteiger partial charge in [-0.1, -0.05) is 0 Å². The standard InChI is InChI=1S/C11H15N3O3/c1-7-12-9-6-14(4-5-15)3-2-8(9)10(13-7)11(16)17/h15H,2-6H2,1H3,(H,16,17). The van der Waals surface area contributed by atoms with Crippen molar-refractivity contribution in [3.63, 3.8) is 0 Å².